The summed E-state index contributed by atoms with van der Waals surface area (Å²) in [5, 5.41) is 19.7. The number of aliphatic hydroxyl groups excluding tert-OH is 2. The van der Waals surface area contributed by atoms with E-state index < -0.39 is 47.9 Å². The number of carbonyl (C=O) groups is 4. The van der Waals surface area contributed by atoms with E-state index in [2.05, 4.69) is 0 Å². The van der Waals surface area contributed by atoms with Gasteiger partial charge in [-0.05, 0) is 38.1 Å². The number of allylic oxidation sites excluding steroid dienone is 2. The maximum Gasteiger partial charge on any atom is 0.328 e. The summed E-state index contributed by atoms with van der Waals surface area (Å²) in [6.45, 7) is 6.69. The minimum Gasteiger partial charge on any atom is -0.467 e. The van der Waals surface area contributed by atoms with Crippen LogP contribution in [0.2, 0.25) is 0 Å². The summed E-state index contributed by atoms with van der Waals surface area (Å²) in [6.07, 6.45) is 7.08. The molecule has 2 amide bonds. The van der Waals surface area contributed by atoms with Gasteiger partial charge >= 0.3 is 11.9 Å². The summed E-state index contributed by atoms with van der Waals surface area (Å²) in [4.78, 5) is 77.3. The lowest BCUT2D eigenvalue weighted by Crippen LogP contribution is -2.45. The molecule has 8 atom stereocenters. The Morgan fingerprint density at radius 1 is 0.700 bits per heavy atom. The molecule has 6 heterocycles. The zero-order chi connectivity index (χ0) is 36.6. The Morgan fingerprint density at radius 3 is 1.34 bits per heavy atom. The number of fused-ring (bicyclic) bond motifs is 6. The van der Waals surface area contributed by atoms with Crippen LogP contribution < -0.4 is 11.1 Å². The Morgan fingerprint density at radius 2 is 1.06 bits per heavy atom. The van der Waals surface area contributed by atoms with Crippen LogP contribution in [0.25, 0.3) is 12.2 Å². The fourth-order valence-electron chi connectivity index (χ4n) is 8.52. The lowest BCUT2D eigenvalue weighted by molar-refractivity contribution is -0.153. The molecular formula is C36H44N4O10. The zero-order valence-electron chi connectivity index (χ0n) is 29.0. The van der Waals surface area contributed by atoms with Gasteiger partial charge in [0.15, 0.2) is 0 Å². The molecular weight excluding hydrogens is 648 g/mol. The average Bonchev–Trinajstić information content (AvgIpc) is 3.83. The number of hydrogen-bond donors (Lipinski definition) is 2. The topological polar surface area (TPSA) is 178 Å². The molecule has 6 rings (SSSR count). The summed E-state index contributed by atoms with van der Waals surface area (Å²) in [5.41, 5.74) is 2.29. The van der Waals surface area contributed by atoms with Crippen LogP contribution in [-0.2, 0) is 41.7 Å². The van der Waals surface area contributed by atoms with Crippen LogP contribution in [0.4, 0.5) is 0 Å². The van der Waals surface area contributed by atoms with Crippen molar-refractivity contribution in [2.45, 2.75) is 65.0 Å². The highest BCUT2D eigenvalue weighted by Gasteiger charge is 2.58. The number of hydrogen-bond acceptors (Lipinski definition) is 10. The minimum atomic E-state index is -0.832. The van der Waals surface area contributed by atoms with Crippen molar-refractivity contribution in [3.63, 3.8) is 0 Å². The summed E-state index contributed by atoms with van der Waals surface area (Å²) in [6, 6.07) is 4.62. The van der Waals surface area contributed by atoms with Crippen LogP contribution in [0.1, 0.15) is 62.3 Å². The van der Waals surface area contributed by atoms with E-state index in [0.717, 1.165) is 0 Å². The predicted molar refractivity (Wildman–Crippen MR) is 181 cm³/mol. The van der Waals surface area contributed by atoms with Crippen molar-refractivity contribution < 1.29 is 38.9 Å². The first kappa shape index (κ1) is 36.5. The molecule has 0 aliphatic carbocycles. The van der Waals surface area contributed by atoms with Crippen LogP contribution in [-0.4, -0.2) is 92.4 Å². The van der Waals surface area contributed by atoms with Crippen LogP contribution in [0.15, 0.2) is 46.0 Å². The second kappa shape index (κ2) is 14.6. The molecule has 0 radical (unpaired) electrons. The number of methoxy groups -OCH3 is 2. The molecule has 14 nitrogen and oxygen atoms in total. The van der Waals surface area contributed by atoms with Crippen LogP contribution in [0, 0.1) is 23.7 Å². The van der Waals surface area contributed by atoms with Crippen molar-refractivity contribution in [1.29, 1.82) is 0 Å². The highest BCUT2D eigenvalue weighted by atomic mass is 16.5. The summed E-state index contributed by atoms with van der Waals surface area (Å²) < 4.78 is 13.0. The average molecular weight is 693 g/mol. The second-order valence-electron chi connectivity index (χ2n) is 13.0. The molecule has 4 aliphatic rings. The second-order valence-corrected chi connectivity index (χ2v) is 13.0. The van der Waals surface area contributed by atoms with Crippen molar-refractivity contribution in [1.82, 2.24) is 18.9 Å². The lowest BCUT2D eigenvalue weighted by atomic mass is 9.88. The van der Waals surface area contributed by atoms with Crippen LogP contribution in [0.5, 0.6) is 0 Å². The number of aromatic nitrogens is 2. The molecule has 2 aromatic rings. The molecule has 0 saturated carbocycles. The number of aliphatic hydroxyl groups is 2. The molecule has 4 aliphatic heterocycles. The third-order valence-electron chi connectivity index (χ3n) is 10.5. The normalized spacial score (nSPS) is 27.4. The van der Waals surface area contributed by atoms with Gasteiger partial charge in [0, 0.05) is 86.3 Å². The highest BCUT2D eigenvalue weighted by Crippen LogP contribution is 2.50. The van der Waals surface area contributed by atoms with Crippen molar-refractivity contribution in [3.05, 3.63) is 79.6 Å². The molecule has 14 heteroatoms. The summed E-state index contributed by atoms with van der Waals surface area (Å²) in [7, 11) is 2.54. The van der Waals surface area contributed by atoms with E-state index in [1.54, 1.807) is 45.6 Å². The summed E-state index contributed by atoms with van der Waals surface area (Å²) >= 11 is 0. The molecule has 50 heavy (non-hydrogen) atoms. The first-order chi connectivity index (χ1) is 23.9. The van der Waals surface area contributed by atoms with E-state index >= 15 is 0 Å². The molecule has 2 fully saturated rings. The lowest BCUT2D eigenvalue weighted by Gasteiger charge is -2.28. The Kier molecular flexibility index (Phi) is 10.6. The van der Waals surface area contributed by atoms with Gasteiger partial charge in [0.2, 0.25) is 11.8 Å². The Balaban J connectivity index is 0.000000194. The van der Waals surface area contributed by atoms with E-state index in [4.69, 9.17) is 9.47 Å². The third-order valence-corrected chi connectivity index (χ3v) is 10.5. The van der Waals surface area contributed by atoms with Gasteiger partial charge in [-0.1, -0.05) is 24.3 Å². The number of esters is 2. The number of likely N-dealkylation sites (tertiary alicyclic amines) is 2. The van der Waals surface area contributed by atoms with Crippen molar-refractivity contribution in [2.75, 3.05) is 27.4 Å². The molecule has 0 bridgehead atoms. The molecule has 2 aromatic heterocycles. The quantitative estimate of drug-likeness (QED) is 0.417. The standard InChI is InChI=1S/2C18H22N2O5/c2*1-4-5-11-6-7-14-15-12(8-19(14)17(11)23)13(9-21)16(18(24)25-3)20(15)10(2)22/h2*4-7,12-13,15-16,21H,8-9H2,1-3H3/b5-4+;5-4-/t2*12-,13-,15+,16-/m11/s1. The maximum atomic E-state index is 12.7. The number of pyridine rings is 2. The highest BCUT2D eigenvalue weighted by molar-refractivity contribution is 5.86. The number of nitrogens with zero attached hydrogens (tertiary/aromatic N) is 4. The third kappa shape index (κ3) is 5.79. The van der Waals surface area contributed by atoms with E-state index in [1.807, 2.05) is 26.0 Å². The van der Waals surface area contributed by atoms with E-state index in [-0.39, 0.29) is 48.0 Å². The Labute approximate surface area is 289 Å². The van der Waals surface area contributed by atoms with Gasteiger partial charge in [-0.3, -0.25) is 19.2 Å². The Hall–Kier alpha value is -4.82. The van der Waals surface area contributed by atoms with Crippen molar-refractivity contribution in [3.8, 4) is 0 Å². The molecule has 2 N–H and O–H groups in total. The van der Waals surface area contributed by atoms with Gasteiger partial charge in [-0.15, -0.1) is 0 Å². The van der Waals surface area contributed by atoms with Gasteiger partial charge in [0.05, 0.1) is 26.3 Å². The van der Waals surface area contributed by atoms with E-state index in [9.17, 15) is 39.0 Å². The molecule has 0 spiro atoms. The smallest absolute Gasteiger partial charge is 0.328 e. The van der Waals surface area contributed by atoms with Gasteiger partial charge < -0.3 is 38.6 Å². The van der Waals surface area contributed by atoms with Crippen molar-refractivity contribution in [2.24, 2.45) is 23.7 Å². The van der Waals surface area contributed by atoms with Gasteiger partial charge in [-0.25, -0.2) is 9.59 Å². The largest absolute Gasteiger partial charge is 0.467 e. The van der Waals surface area contributed by atoms with Crippen molar-refractivity contribution >= 4 is 35.9 Å². The summed E-state index contributed by atoms with van der Waals surface area (Å²) in [5.74, 6) is -2.97. The first-order valence-electron chi connectivity index (χ1n) is 16.6. The number of ether oxygens (including phenoxy) is 2. The molecule has 0 unspecified atom stereocenters. The monoisotopic (exact) mass is 692 g/mol. The van der Waals surface area contributed by atoms with Crippen LogP contribution >= 0.6 is 0 Å². The van der Waals surface area contributed by atoms with E-state index in [1.165, 1.54) is 37.9 Å². The van der Waals surface area contributed by atoms with E-state index in [0.29, 0.717) is 35.6 Å². The molecule has 0 aromatic carbocycles. The number of amides is 2. The van der Waals surface area contributed by atoms with Crippen LogP contribution in [0.3, 0.4) is 0 Å². The van der Waals surface area contributed by atoms with Gasteiger partial charge in [-0.2, -0.15) is 0 Å². The zero-order valence-corrected chi connectivity index (χ0v) is 29.0. The molecule has 268 valence electrons. The maximum absolute atomic E-state index is 12.7. The first-order valence-corrected chi connectivity index (χ1v) is 16.6. The van der Waals surface area contributed by atoms with Gasteiger partial charge in [0.25, 0.3) is 11.1 Å². The fraction of sp³-hybridized carbons (Fsp3) is 0.500. The SMILES string of the molecule is C/C=C/c1ccc2n(c1=O)C[C@@H]1[C@@H](CO)[C@H](C(=O)OC)N(C(C)=O)[C@H]21.C/C=C\c1ccc2n(c1=O)C[C@@H]1[C@@H](CO)[C@H](C(=O)OC)N(C(C)=O)[C@H]21. The fourth-order valence-corrected chi connectivity index (χ4v) is 8.52. The number of rotatable bonds is 6. The predicted octanol–water partition coefficient (Wildman–Crippen LogP) is 1.13. The Bertz CT molecular complexity index is 1730. The minimum absolute atomic E-state index is 0.125. The van der Waals surface area contributed by atoms with Gasteiger partial charge in [0.1, 0.15) is 12.1 Å². The number of carbonyl (C=O) groups excluding carboxylic acids is 4. The molecule has 2 saturated heterocycles.